The van der Waals surface area contributed by atoms with Crippen LogP contribution in [-0.2, 0) is 4.79 Å². The Bertz CT molecular complexity index is 1230. The third-order valence-electron chi connectivity index (χ3n) is 7.60. The van der Waals surface area contributed by atoms with Gasteiger partial charge in [-0.25, -0.2) is 0 Å². The molecule has 2 aromatic rings. The molecule has 10 heteroatoms. The Morgan fingerprint density at radius 1 is 1.22 bits per heavy atom. The summed E-state index contributed by atoms with van der Waals surface area (Å²) in [5.41, 5.74) is 3.13. The van der Waals surface area contributed by atoms with Crippen molar-refractivity contribution in [3.8, 4) is 17.6 Å². The summed E-state index contributed by atoms with van der Waals surface area (Å²) >= 11 is 6.63. The number of nitrogens with zero attached hydrogens (tertiary/aromatic N) is 2. The van der Waals surface area contributed by atoms with E-state index in [0.717, 1.165) is 42.9 Å². The molecule has 9 nitrogen and oxygen atoms in total. The van der Waals surface area contributed by atoms with Gasteiger partial charge in [0.15, 0.2) is 0 Å². The number of ether oxygens (including phenoxy) is 2. The van der Waals surface area contributed by atoms with E-state index < -0.39 is 0 Å². The van der Waals surface area contributed by atoms with Crippen molar-refractivity contribution in [2.45, 2.75) is 51.6 Å². The SMILES string of the molecule is CCOc1cc2c(cc1NC(=O)CCCN(C)C)C(Nc1ccc(OCC3CC(C)CCN3)c(Cl)c1)C(C#N)CN2. The van der Waals surface area contributed by atoms with Crippen molar-refractivity contribution in [2.75, 3.05) is 62.9 Å². The van der Waals surface area contributed by atoms with E-state index in [9.17, 15) is 10.1 Å². The Kier molecular flexibility index (Phi) is 11.0. The van der Waals surface area contributed by atoms with Crippen LogP contribution in [0.3, 0.4) is 0 Å². The van der Waals surface area contributed by atoms with Crippen LogP contribution in [0.4, 0.5) is 17.1 Å². The number of halogens is 1. The molecule has 0 saturated carbocycles. The molecule has 2 aliphatic heterocycles. The molecule has 2 aromatic carbocycles. The maximum Gasteiger partial charge on any atom is 0.224 e. The summed E-state index contributed by atoms with van der Waals surface area (Å²) in [5.74, 6) is 1.51. The van der Waals surface area contributed by atoms with Gasteiger partial charge in [0, 0.05) is 42.0 Å². The molecule has 4 atom stereocenters. The minimum atomic E-state index is -0.349. The van der Waals surface area contributed by atoms with Gasteiger partial charge in [0.1, 0.15) is 18.1 Å². The van der Waals surface area contributed by atoms with Crippen molar-refractivity contribution in [2.24, 2.45) is 11.8 Å². The van der Waals surface area contributed by atoms with Crippen molar-refractivity contribution < 1.29 is 14.3 Å². The molecule has 4 N–H and O–H groups in total. The second-order valence-electron chi connectivity index (χ2n) is 11.3. The van der Waals surface area contributed by atoms with E-state index in [0.29, 0.717) is 60.3 Å². The number of anilines is 3. The van der Waals surface area contributed by atoms with E-state index in [1.54, 1.807) is 0 Å². The van der Waals surface area contributed by atoms with Gasteiger partial charge >= 0.3 is 0 Å². The molecule has 1 amide bonds. The molecule has 0 bridgehead atoms. The van der Waals surface area contributed by atoms with Crippen LogP contribution < -0.4 is 30.7 Å². The topological polar surface area (TPSA) is 111 Å². The molecule has 0 aromatic heterocycles. The first-order valence-electron chi connectivity index (χ1n) is 14.6. The van der Waals surface area contributed by atoms with E-state index in [1.807, 2.05) is 51.4 Å². The number of piperidine rings is 1. The zero-order valence-corrected chi connectivity index (χ0v) is 25.3. The largest absolute Gasteiger partial charge is 0.492 e. The second kappa shape index (κ2) is 14.6. The average Bonchev–Trinajstić information content (AvgIpc) is 2.93. The average molecular weight is 583 g/mol. The van der Waals surface area contributed by atoms with Crippen LogP contribution in [0.1, 0.15) is 51.1 Å². The molecular formula is C31H43ClN6O3. The lowest BCUT2D eigenvalue weighted by atomic mass is 9.88. The first kappa shape index (κ1) is 30.8. The maximum absolute atomic E-state index is 12.8. The first-order chi connectivity index (χ1) is 19.8. The Labute approximate surface area is 248 Å². The van der Waals surface area contributed by atoms with Gasteiger partial charge in [-0.1, -0.05) is 18.5 Å². The fraction of sp³-hybridized carbons (Fsp3) is 0.548. The van der Waals surface area contributed by atoms with Gasteiger partial charge in [0.25, 0.3) is 0 Å². The smallest absolute Gasteiger partial charge is 0.224 e. The van der Waals surface area contributed by atoms with Crippen LogP contribution in [0, 0.1) is 23.2 Å². The highest BCUT2D eigenvalue weighted by atomic mass is 35.5. The van der Waals surface area contributed by atoms with Crippen LogP contribution in [-0.4, -0.2) is 63.8 Å². The molecular weight excluding hydrogens is 540 g/mol. The first-order valence-corrected chi connectivity index (χ1v) is 15.0. The van der Waals surface area contributed by atoms with Gasteiger partial charge in [-0.2, -0.15) is 5.26 Å². The Hall–Kier alpha value is -3.19. The van der Waals surface area contributed by atoms with Crippen LogP contribution in [0.2, 0.25) is 5.02 Å². The lowest BCUT2D eigenvalue weighted by Gasteiger charge is -2.33. The van der Waals surface area contributed by atoms with Crippen LogP contribution >= 0.6 is 11.6 Å². The van der Waals surface area contributed by atoms with Gasteiger partial charge in [-0.3, -0.25) is 4.79 Å². The minimum absolute atomic E-state index is 0.0712. The number of nitriles is 1. The fourth-order valence-electron chi connectivity index (χ4n) is 5.43. The number of amides is 1. The van der Waals surface area contributed by atoms with Gasteiger partial charge in [-0.15, -0.1) is 0 Å². The molecule has 2 heterocycles. The summed E-state index contributed by atoms with van der Waals surface area (Å²) in [6.07, 6.45) is 3.45. The summed E-state index contributed by atoms with van der Waals surface area (Å²) in [4.78, 5) is 14.8. The second-order valence-corrected chi connectivity index (χ2v) is 11.7. The lowest BCUT2D eigenvalue weighted by Crippen LogP contribution is -2.41. The molecule has 0 aliphatic carbocycles. The molecule has 1 fully saturated rings. The van der Waals surface area contributed by atoms with Crippen molar-refractivity contribution >= 4 is 34.6 Å². The van der Waals surface area contributed by atoms with E-state index in [2.05, 4.69) is 39.2 Å². The molecule has 4 unspecified atom stereocenters. The Morgan fingerprint density at radius 3 is 2.76 bits per heavy atom. The van der Waals surface area contributed by atoms with Crippen molar-refractivity contribution in [1.82, 2.24) is 10.2 Å². The Balaban J connectivity index is 1.51. The van der Waals surface area contributed by atoms with Crippen LogP contribution in [0.25, 0.3) is 0 Å². The summed E-state index contributed by atoms with van der Waals surface area (Å²) in [5, 5.41) is 23.9. The number of rotatable bonds is 12. The molecule has 0 spiro atoms. The normalized spacial score (nSPS) is 21.8. The van der Waals surface area contributed by atoms with Gasteiger partial charge in [-0.05, 0) is 83.6 Å². The van der Waals surface area contributed by atoms with Gasteiger partial charge in [0.2, 0.25) is 5.91 Å². The number of benzene rings is 2. The molecule has 2 aliphatic rings. The fourth-order valence-corrected chi connectivity index (χ4v) is 5.66. The van der Waals surface area contributed by atoms with Gasteiger partial charge < -0.3 is 35.6 Å². The summed E-state index contributed by atoms with van der Waals surface area (Å²) in [6, 6.07) is 11.9. The highest BCUT2D eigenvalue weighted by molar-refractivity contribution is 6.32. The van der Waals surface area contributed by atoms with E-state index >= 15 is 0 Å². The number of fused-ring (bicyclic) bond motifs is 1. The number of nitrogens with one attached hydrogen (secondary N) is 4. The van der Waals surface area contributed by atoms with Crippen LogP contribution in [0.5, 0.6) is 11.5 Å². The zero-order valence-electron chi connectivity index (χ0n) is 24.6. The summed E-state index contributed by atoms with van der Waals surface area (Å²) in [6.45, 7) is 7.54. The molecule has 4 rings (SSSR count). The number of hydrogen-bond donors (Lipinski definition) is 4. The standard InChI is InChI=1S/C31H43ClN6O3/c1-5-40-29-16-26-24(15-27(29)37-30(39)7-6-12-38(3)4)31(21(17-33)18-35-26)36-22-8-9-28(25(32)14-22)41-19-23-13-20(2)10-11-34-23/h8-9,14-16,20-21,23,31,34-36H,5-7,10-13,18-19H2,1-4H3,(H,37,39). The third kappa shape index (κ3) is 8.41. The Morgan fingerprint density at radius 2 is 2.05 bits per heavy atom. The number of carbonyl (C=O) groups is 1. The zero-order chi connectivity index (χ0) is 29.4. The third-order valence-corrected chi connectivity index (χ3v) is 7.90. The molecule has 41 heavy (non-hydrogen) atoms. The van der Waals surface area contributed by atoms with Crippen LogP contribution in [0.15, 0.2) is 30.3 Å². The van der Waals surface area contributed by atoms with E-state index in [4.69, 9.17) is 21.1 Å². The minimum Gasteiger partial charge on any atom is -0.492 e. The predicted octanol–water partition coefficient (Wildman–Crippen LogP) is 5.50. The quantitative estimate of drug-likeness (QED) is 0.259. The highest BCUT2D eigenvalue weighted by Gasteiger charge is 2.31. The van der Waals surface area contributed by atoms with Crippen molar-refractivity contribution in [3.63, 3.8) is 0 Å². The number of hydrogen-bond acceptors (Lipinski definition) is 8. The monoisotopic (exact) mass is 582 g/mol. The maximum atomic E-state index is 12.8. The van der Waals surface area contributed by atoms with Crippen molar-refractivity contribution in [3.05, 3.63) is 40.9 Å². The lowest BCUT2D eigenvalue weighted by molar-refractivity contribution is -0.116. The van der Waals surface area contributed by atoms with E-state index in [1.165, 1.54) is 6.42 Å². The highest BCUT2D eigenvalue weighted by Crippen LogP contribution is 2.42. The summed E-state index contributed by atoms with van der Waals surface area (Å²) in [7, 11) is 3.98. The molecule has 222 valence electrons. The van der Waals surface area contributed by atoms with E-state index in [-0.39, 0.29) is 17.9 Å². The predicted molar refractivity (Wildman–Crippen MR) is 165 cm³/mol. The molecule has 1 saturated heterocycles. The van der Waals surface area contributed by atoms with Crippen molar-refractivity contribution in [1.29, 1.82) is 5.26 Å². The summed E-state index contributed by atoms with van der Waals surface area (Å²) < 4.78 is 11.9. The number of carbonyl (C=O) groups excluding carboxylic acids is 1. The molecule has 0 radical (unpaired) electrons. The van der Waals surface area contributed by atoms with Gasteiger partial charge in [0.05, 0.1) is 35.3 Å².